The first-order chi connectivity index (χ1) is 15.6. The molecule has 3 heterocycles. The summed E-state index contributed by atoms with van der Waals surface area (Å²) in [5.74, 6) is 1.08. The van der Waals surface area contributed by atoms with Crippen molar-refractivity contribution in [1.29, 1.82) is 0 Å². The summed E-state index contributed by atoms with van der Waals surface area (Å²) < 4.78 is 1.75. The highest BCUT2D eigenvalue weighted by Crippen LogP contribution is 2.35. The number of thiophene rings is 1. The van der Waals surface area contributed by atoms with Crippen LogP contribution < -0.4 is 5.56 Å². The second-order valence-corrected chi connectivity index (χ2v) is 9.63. The van der Waals surface area contributed by atoms with E-state index in [1.807, 2.05) is 37.3 Å². The first kappa shape index (κ1) is 20.6. The maximum absolute atomic E-state index is 13.0. The molecule has 9 heteroatoms. The van der Waals surface area contributed by atoms with E-state index in [9.17, 15) is 4.79 Å². The van der Waals surface area contributed by atoms with Gasteiger partial charge in [0.2, 0.25) is 5.16 Å². The monoisotopic (exact) mass is 460 g/mol. The molecule has 0 aliphatic heterocycles. The highest BCUT2D eigenvalue weighted by molar-refractivity contribution is 7.98. The van der Waals surface area contributed by atoms with E-state index in [0.29, 0.717) is 28.7 Å². The van der Waals surface area contributed by atoms with Crippen LogP contribution in [0.3, 0.4) is 0 Å². The van der Waals surface area contributed by atoms with Crippen LogP contribution in [0.25, 0.3) is 21.3 Å². The van der Waals surface area contributed by atoms with E-state index in [4.69, 9.17) is 4.98 Å². The third-order valence-electron chi connectivity index (χ3n) is 5.14. The van der Waals surface area contributed by atoms with Gasteiger partial charge in [0, 0.05) is 10.4 Å². The van der Waals surface area contributed by atoms with Gasteiger partial charge in [-0.3, -0.25) is 4.79 Å². The molecule has 3 aromatic heterocycles. The standard InChI is InChI=1S/C23H20N6OS2/c1-14-8-10-17(11-9-14)19-15(2)32-22-20(19)21(30)24-18(25-22)13-31-23-26-27-28-29(23)12-16-6-4-3-5-7-16/h3-11H,12-13H2,1-2H3,(H,24,25,30). The van der Waals surface area contributed by atoms with E-state index in [2.05, 4.69) is 51.7 Å². The molecule has 0 fully saturated rings. The molecule has 0 aliphatic carbocycles. The van der Waals surface area contributed by atoms with Gasteiger partial charge in [0.25, 0.3) is 5.56 Å². The zero-order chi connectivity index (χ0) is 22.1. The number of hydrogen-bond donors (Lipinski definition) is 1. The Morgan fingerprint density at radius 3 is 2.62 bits per heavy atom. The fraction of sp³-hybridized carbons (Fsp3) is 0.174. The highest BCUT2D eigenvalue weighted by atomic mass is 32.2. The molecule has 0 amide bonds. The molecule has 5 rings (SSSR count). The van der Waals surface area contributed by atoms with E-state index in [1.54, 1.807) is 16.0 Å². The summed E-state index contributed by atoms with van der Waals surface area (Å²) >= 11 is 3.00. The maximum Gasteiger partial charge on any atom is 0.260 e. The lowest BCUT2D eigenvalue weighted by Crippen LogP contribution is -2.11. The predicted molar refractivity (Wildman–Crippen MR) is 128 cm³/mol. The molecule has 2 aromatic carbocycles. The molecule has 7 nitrogen and oxygen atoms in total. The van der Waals surface area contributed by atoms with Gasteiger partial charge in [-0.25, -0.2) is 9.67 Å². The topological polar surface area (TPSA) is 89.3 Å². The Kier molecular flexibility index (Phi) is 5.59. The van der Waals surface area contributed by atoms with Crippen LogP contribution in [0.5, 0.6) is 0 Å². The Labute approximate surface area is 192 Å². The molecule has 160 valence electrons. The molecular weight excluding hydrogens is 440 g/mol. The number of aromatic nitrogens is 6. The Bertz CT molecular complexity index is 1440. The largest absolute Gasteiger partial charge is 0.309 e. The molecule has 0 atom stereocenters. The summed E-state index contributed by atoms with van der Waals surface area (Å²) in [6, 6.07) is 18.3. The number of nitrogens with zero attached hydrogens (tertiary/aromatic N) is 5. The molecule has 32 heavy (non-hydrogen) atoms. The number of aryl methyl sites for hydroxylation is 2. The van der Waals surface area contributed by atoms with Gasteiger partial charge < -0.3 is 4.98 Å². The number of thioether (sulfide) groups is 1. The number of tetrazole rings is 1. The lowest BCUT2D eigenvalue weighted by atomic mass is 10.0. The zero-order valence-corrected chi connectivity index (χ0v) is 19.2. The SMILES string of the molecule is Cc1ccc(-c2c(C)sc3nc(CSc4nnnn4Cc4ccccc4)[nH]c(=O)c23)cc1. The van der Waals surface area contributed by atoms with E-state index in [0.717, 1.165) is 26.4 Å². The maximum atomic E-state index is 13.0. The number of nitrogens with one attached hydrogen (secondary N) is 1. The van der Waals surface area contributed by atoms with Crippen LogP contribution in [0, 0.1) is 13.8 Å². The van der Waals surface area contributed by atoms with Crippen molar-refractivity contribution in [2.24, 2.45) is 0 Å². The summed E-state index contributed by atoms with van der Waals surface area (Å²) in [5, 5.41) is 13.4. The summed E-state index contributed by atoms with van der Waals surface area (Å²) in [6.07, 6.45) is 0. The summed E-state index contributed by atoms with van der Waals surface area (Å²) in [7, 11) is 0. The molecule has 1 N–H and O–H groups in total. The Balaban J connectivity index is 1.41. The molecular formula is C23H20N6OS2. The van der Waals surface area contributed by atoms with Crippen LogP contribution in [0.1, 0.15) is 21.8 Å². The van der Waals surface area contributed by atoms with Crippen LogP contribution in [-0.2, 0) is 12.3 Å². The van der Waals surface area contributed by atoms with Gasteiger partial charge in [-0.2, -0.15) is 0 Å². The van der Waals surface area contributed by atoms with Gasteiger partial charge in [-0.05, 0) is 35.4 Å². The van der Waals surface area contributed by atoms with E-state index < -0.39 is 0 Å². The van der Waals surface area contributed by atoms with Crippen LogP contribution >= 0.6 is 23.1 Å². The summed E-state index contributed by atoms with van der Waals surface area (Å²) in [4.78, 5) is 22.5. The van der Waals surface area contributed by atoms with Crippen molar-refractivity contribution in [3.05, 3.63) is 86.8 Å². The Hall–Kier alpha value is -3.30. The minimum atomic E-state index is -0.116. The van der Waals surface area contributed by atoms with Gasteiger partial charge in [0.05, 0.1) is 17.7 Å². The van der Waals surface area contributed by atoms with Crippen molar-refractivity contribution in [3.8, 4) is 11.1 Å². The first-order valence-corrected chi connectivity index (χ1v) is 11.9. The molecule has 0 aliphatic rings. The first-order valence-electron chi connectivity index (χ1n) is 10.1. The lowest BCUT2D eigenvalue weighted by molar-refractivity contribution is 0.602. The van der Waals surface area contributed by atoms with Crippen molar-refractivity contribution >= 4 is 33.3 Å². The highest BCUT2D eigenvalue weighted by Gasteiger charge is 2.17. The fourth-order valence-electron chi connectivity index (χ4n) is 3.59. The minimum Gasteiger partial charge on any atom is -0.309 e. The third-order valence-corrected chi connectivity index (χ3v) is 7.11. The second kappa shape index (κ2) is 8.68. The van der Waals surface area contributed by atoms with Crippen LogP contribution in [0.15, 0.2) is 64.5 Å². The Morgan fingerprint density at radius 2 is 1.84 bits per heavy atom. The molecule has 0 radical (unpaired) electrons. The number of aromatic amines is 1. The van der Waals surface area contributed by atoms with E-state index in [-0.39, 0.29) is 5.56 Å². The molecule has 0 saturated heterocycles. The normalized spacial score (nSPS) is 11.3. The lowest BCUT2D eigenvalue weighted by Gasteiger charge is -2.05. The van der Waals surface area contributed by atoms with E-state index in [1.165, 1.54) is 17.3 Å². The smallest absolute Gasteiger partial charge is 0.260 e. The number of benzene rings is 2. The molecule has 0 unspecified atom stereocenters. The average Bonchev–Trinajstić information content (AvgIpc) is 3.37. The van der Waals surface area contributed by atoms with Crippen molar-refractivity contribution in [1.82, 2.24) is 30.2 Å². The minimum absolute atomic E-state index is 0.116. The Morgan fingerprint density at radius 1 is 1.06 bits per heavy atom. The van der Waals surface area contributed by atoms with Gasteiger partial charge in [0.1, 0.15) is 10.7 Å². The van der Waals surface area contributed by atoms with Crippen molar-refractivity contribution in [3.63, 3.8) is 0 Å². The van der Waals surface area contributed by atoms with Crippen LogP contribution in [-0.4, -0.2) is 30.2 Å². The van der Waals surface area contributed by atoms with Crippen LogP contribution in [0.2, 0.25) is 0 Å². The summed E-state index contributed by atoms with van der Waals surface area (Å²) in [5.41, 5.74) is 4.19. The average molecular weight is 461 g/mol. The van der Waals surface area contributed by atoms with Gasteiger partial charge >= 0.3 is 0 Å². The third kappa shape index (κ3) is 4.09. The zero-order valence-electron chi connectivity index (χ0n) is 17.6. The van der Waals surface area contributed by atoms with Crippen molar-refractivity contribution < 1.29 is 0 Å². The van der Waals surface area contributed by atoms with Crippen molar-refractivity contribution in [2.75, 3.05) is 0 Å². The molecule has 5 aromatic rings. The van der Waals surface area contributed by atoms with Gasteiger partial charge in [-0.1, -0.05) is 71.9 Å². The molecule has 0 spiro atoms. The second-order valence-electron chi connectivity index (χ2n) is 7.49. The molecule has 0 saturated carbocycles. The van der Waals surface area contributed by atoms with Crippen molar-refractivity contribution in [2.45, 2.75) is 31.3 Å². The van der Waals surface area contributed by atoms with Gasteiger partial charge in [-0.15, -0.1) is 16.4 Å². The van der Waals surface area contributed by atoms with E-state index >= 15 is 0 Å². The quantitative estimate of drug-likeness (QED) is 0.373. The number of fused-ring (bicyclic) bond motifs is 1. The number of hydrogen-bond acceptors (Lipinski definition) is 7. The van der Waals surface area contributed by atoms with Gasteiger partial charge in [0.15, 0.2) is 0 Å². The number of H-pyrrole nitrogens is 1. The molecule has 0 bridgehead atoms. The fourth-order valence-corrected chi connectivity index (χ4v) is 5.40. The summed E-state index contributed by atoms with van der Waals surface area (Å²) in [6.45, 7) is 4.67. The van der Waals surface area contributed by atoms with Crippen LogP contribution in [0.4, 0.5) is 0 Å². The predicted octanol–water partition coefficient (Wildman–Crippen LogP) is 4.60. The number of rotatable bonds is 6.